The van der Waals surface area contributed by atoms with Crippen molar-refractivity contribution in [3.63, 3.8) is 0 Å². The van der Waals surface area contributed by atoms with Gasteiger partial charge in [0.2, 0.25) is 0 Å². The third kappa shape index (κ3) is 2.21. The van der Waals surface area contributed by atoms with Gasteiger partial charge >= 0.3 is 0 Å². The fourth-order valence-corrected chi connectivity index (χ4v) is 6.52. The first-order chi connectivity index (χ1) is 10.5. The summed E-state index contributed by atoms with van der Waals surface area (Å²) in [6, 6.07) is 0. The van der Waals surface area contributed by atoms with Crippen LogP contribution in [-0.2, 0) is 4.79 Å². The van der Waals surface area contributed by atoms with Gasteiger partial charge in [-0.1, -0.05) is 32.8 Å². The molecule has 0 radical (unpaired) electrons. The van der Waals surface area contributed by atoms with Crippen LogP contribution in [0.5, 0.6) is 0 Å². The zero-order valence-corrected chi connectivity index (χ0v) is 14.5. The molecule has 3 rings (SSSR count). The third-order valence-corrected chi connectivity index (χ3v) is 7.72. The maximum Gasteiger partial charge on any atom is 0.142 e. The van der Waals surface area contributed by atoms with Crippen LogP contribution in [0.25, 0.3) is 0 Å². The standard InChI is InChI=1S/C20H32O2/c1-4-11-19(2)14(10-13-21)5-6-15-16-7-8-18(22)20(16,3)12-9-17(15)19/h10,13,15-18,22H,4-9,11-12H2,1-3H3/b14-10-. The van der Waals surface area contributed by atoms with Crippen molar-refractivity contribution in [2.75, 3.05) is 0 Å². The summed E-state index contributed by atoms with van der Waals surface area (Å²) in [6.07, 6.45) is 12.0. The van der Waals surface area contributed by atoms with Crippen LogP contribution in [0, 0.1) is 28.6 Å². The predicted molar refractivity (Wildman–Crippen MR) is 89.4 cm³/mol. The van der Waals surface area contributed by atoms with Crippen molar-refractivity contribution in [2.45, 2.75) is 78.2 Å². The van der Waals surface area contributed by atoms with Gasteiger partial charge in [-0.05, 0) is 79.6 Å². The average Bonchev–Trinajstić information content (AvgIpc) is 2.79. The highest BCUT2D eigenvalue weighted by molar-refractivity contribution is 5.66. The van der Waals surface area contributed by atoms with E-state index < -0.39 is 0 Å². The summed E-state index contributed by atoms with van der Waals surface area (Å²) >= 11 is 0. The molecular weight excluding hydrogens is 272 g/mol. The normalized spacial score (nSPS) is 49.7. The number of aldehydes is 1. The second-order valence-electron chi connectivity index (χ2n) is 8.55. The number of carbonyl (C=O) groups is 1. The number of hydrogen-bond acceptors (Lipinski definition) is 2. The van der Waals surface area contributed by atoms with E-state index in [2.05, 4.69) is 20.8 Å². The smallest absolute Gasteiger partial charge is 0.142 e. The van der Waals surface area contributed by atoms with Crippen molar-refractivity contribution in [1.82, 2.24) is 0 Å². The van der Waals surface area contributed by atoms with Gasteiger partial charge in [-0.25, -0.2) is 0 Å². The summed E-state index contributed by atoms with van der Waals surface area (Å²) in [5, 5.41) is 10.5. The monoisotopic (exact) mass is 304 g/mol. The van der Waals surface area contributed by atoms with Gasteiger partial charge in [0.25, 0.3) is 0 Å². The first-order valence-electron chi connectivity index (χ1n) is 9.30. The van der Waals surface area contributed by atoms with Crippen LogP contribution < -0.4 is 0 Å². The Morgan fingerprint density at radius 1 is 1.18 bits per heavy atom. The van der Waals surface area contributed by atoms with E-state index >= 15 is 0 Å². The maximum atomic E-state index is 11.1. The average molecular weight is 304 g/mol. The SMILES string of the molecule is CCCC1(C)/C(=C\C=O)CCC2C1CCC1(C)C(O)CCC21. The number of aliphatic hydroxyl groups excluding tert-OH is 1. The summed E-state index contributed by atoms with van der Waals surface area (Å²) in [7, 11) is 0. The lowest BCUT2D eigenvalue weighted by Crippen LogP contribution is -2.50. The molecule has 0 spiro atoms. The number of rotatable bonds is 3. The van der Waals surface area contributed by atoms with E-state index in [1.54, 1.807) is 0 Å². The van der Waals surface area contributed by atoms with E-state index in [-0.39, 0.29) is 16.9 Å². The Hall–Kier alpha value is -0.630. The Balaban J connectivity index is 1.94. The van der Waals surface area contributed by atoms with E-state index in [1.807, 2.05) is 6.08 Å². The highest BCUT2D eigenvalue weighted by Gasteiger charge is 2.58. The fourth-order valence-electron chi connectivity index (χ4n) is 6.52. The molecule has 6 unspecified atom stereocenters. The van der Waals surface area contributed by atoms with Gasteiger partial charge in [-0.15, -0.1) is 0 Å². The molecule has 124 valence electrons. The molecule has 3 aliphatic carbocycles. The van der Waals surface area contributed by atoms with Crippen molar-refractivity contribution in [3.8, 4) is 0 Å². The molecule has 0 aromatic carbocycles. The van der Waals surface area contributed by atoms with E-state index in [0.29, 0.717) is 11.8 Å². The molecule has 0 aliphatic heterocycles. The Morgan fingerprint density at radius 2 is 1.95 bits per heavy atom. The summed E-state index contributed by atoms with van der Waals surface area (Å²) in [4.78, 5) is 11.1. The molecule has 0 saturated heterocycles. The van der Waals surface area contributed by atoms with Gasteiger partial charge < -0.3 is 5.11 Å². The van der Waals surface area contributed by atoms with Crippen LogP contribution in [-0.4, -0.2) is 17.5 Å². The predicted octanol–water partition coefficient (Wildman–Crippen LogP) is 4.52. The first kappa shape index (κ1) is 16.2. The minimum atomic E-state index is -0.0946. The molecule has 0 aromatic heterocycles. The molecule has 6 atom stereocenters. The van der Waals surface area contributed by atoms with E-state index in [4.69, 9.17) is 0 Å². The van der Waals surface area contributed by atoms with Crippen molar-refractivity contribution < 1.29 is 9.90 Å². The van der Waals surface area contributed by atoms with Crippen LogP contribution in [0.2, 0.25) is 0 Å². The second-order valence-corrected chi connectivity index (χ2v) is 8.55. The molecule has 2 nitrogen and oxygen atoms in total. The summed E-state index contributed by atoms with van der Waals surface area (Å²) in [5.41, 5.74) is 1.75. The zero-order chi connectivity index (χ0) is 16.0. The van der Waals surface area contributed by atoms with E-state index in [9.17, 15) is 9.90 Å². The molecule has 3 fully saturated rings. The molecule has 0 heterocycles. The number of hydrogen-bond donors (Lipinski definition) is 1. The summed E-state index contributed by atoms with van der Waals surface area (Å²) in [5.74, 6) is 2.14. The molecule has 0 bridgehead atoms. The van der Waals surface area contributed by atoms with Crippen molar-refractivity contribution in [1.29, 1.82) is 0 Å². The van der Waals surface area contributed by atoms with Gasteiger partial charge in [0, 0.05) is 0 Å². The molecular formula is C20H32O2. The molecule has 3 saturated carbocycles. The van der Waals surface area contributed by atoms with Crippen LogP contribution in [0.4, 0.5) is 0 Å². The highest BCUT2D eigenvalue weighted by Crippen LogP contribution is 2.64. The van der Waals surface area contributed by atoms with Crippen molar-refractivity contribution in [2.24, 2.45) is 28.6 Å². The van der Waals surface area contributed by atoms with Crippen molar-refractivity contribution >= 4 is 6.29 Å². The molecule has 22 heavy (non-hydrogen) atoms. The fraction of sp³-hybridized carbons (Fsp3) is 0.850. The van der Waals surface area contributed by atoms with Gasteiger partial charge in [0.15, 0.2) is 0 Å². The topological polar surface area (TPSA) is 37.3 Å². The maximum absolute atomic E-state index is 11.1. The van der Waals surface area contributed by atoms with Gasteiger partial charge in [-0.2, -0.15) is 0 Å². The Labute approximate surface area is 135 Å². The largest absolute Gasteiger partial charge is 0.393 e. The Kier molecular flexibility index (Phi) is 4.26. The Bertz CT molecular complexity index is 468. The second kappa shape index (κ2) is 5.78. The highest BCUT2D eigenvalue weighted by atomic mass is 16.3. The molecule has 2 heteroatoms. The summed E-state index contributed by atoms with van der Waals surface area (Å²) < 4.78 is 0. The van der Waals surface area contributed by atoms with Crippen LogP contribution in [0.1, 0.15) is 72.1 Å². The van der Waals surface area contributed by atoms with Gasteiger partial charge in [0.05, 0.1) is 6.10 Å². The van der Waals surface area contributed by atoms with Crippen LogP contribution in [0.15, 0.2) is 11.6 Å². The Morgan fingerprint density at radius 3 is 2.64 bits per heavy atom. The van der Waals surface area contributed by atoms with Crippen LogP contribution >= 0.6 is 0 Å². The number of aliphatic hydroxyl groups is 1. The molecule has 0 aromatic rings. The quantitative estimate of drug-likeness (QED) is 0.615. The summed E-state index contributed by atoms with van der Waals surface area (Å²) in [6.45, 7) is 7.01. The van der Waals surface area contributed by atoms with E-state index in [1.165, 1.54) is 37.7 Å². The lowest BCUT2D eigenvalue weighted by atomic mass is 9.48. The molecule has 3 aliphatic rings. The minimum Gasteiger partial charge on any atom is -0.393 e. The van der Waals surface area contributed by atoms with Crippen LogP contribution in [0.3, 0.4) is 0 Å². The van der Waals surface area contributed by atoms with Gasteiger partial charge in [0.1, 0.15) is 6.29 Å². The number of carbonyl (C=O) groups excluding carboxylic acids is 1. The first-order valence-corrected chi connectivity index (χ1v) is 9.30. The molecule has 0 amide bonds. The van der Waals surface area contributed by atoms with E-state index in [0.717, 1.165) is 31.5 Å². The third-order valence-electron chi connectivity index (χ3n) is 7.72. The number of fused-ring (bicyclic) bond motifs is 3. The lowest BCUT2D eigenvalue weighted by molar-refractivity contribution is -0.104. The van der Waals surface area contributed by atoms with Gasteiger partial charge in [-0.3, -0.25) is 4.79 Å². The lowest BCUT2D eigenvalue weighted by Gasteiger charge is -2.57. The number of allylic oxidation sites excluding steroid dienone is 2. The zero-order valence-electron chi connectivity index (χ0n) is 14.5. The van der Waals surface area contributed by atoms with Crippen molar-refractivity contribution in [3.05, 3.63) is 11.6 Å². The minimum absolute atomic E-state index is 0.0946. The molecule has 1 N–H and O–H groups in total.